The Hall–Kier alpha value is -2.21. The molecule has 0 saturated heterocycles. The number of nitro groups is 1. The lowest BCUT2D eigenvalue weighted by Gasteiger charge is -2.17. The molecule has 0 N–H and O–H groups in total. The zero-order chi connectivity index (χ0) is 14.5. The molecule has 0 bridgehead atoms. The standard InChI is InChI=1S/C13H13ClN4O2/c1-17(7-5-10-4-2-3-6-15-10)13-9-11(18(19)20)8-12(14)16-13/h2-4,6,8-9H,5,7H2,1H3. The summed E-state index contributed by atoms with van der Waals surface area (Å²) < 4.78 is 0. The first-order valence-corrected chi connectivity index (χ1v) is 6.37. The van der Waals surface area contributed by atoms with Crippen molar-refractivity contribution in [1.29, 1.82) is 0 Å². The van der Waals surface area contributed by atoms with Crippen molar-refractivity contribution in [3.63, 3.8) is 0 Å². The van der Waals surface area contributed by atoms with Gasteiger partial charge in [0.05, 0.1) is 17.1 Å². The fourth-order valence-electron chi connectivity index (χ4n) is 1.71. The lowest BCUT2D eigenvalue weighted by molar-refractivity contribution is -0.384. The summed E-state index contributed by atoms with van der Waals surface area (Å²) in [4.78, 5) is 20.4. The van der Waals surface area contributed by atoms with Crippen molar-refractivity contribution in [2.45, 2.75) is 6.42 Å². The van der Waals surface area contributed by atoms with Crippen molar-refractivity contribution < 1.29 is 4.92 Å². The summed E-state index contributed by atoms with van der Waals surface area (Å²) in [5.74, 6) is 0.472. The van der Waals surface area contributed by atoms with E-state index < -0.39 is 4.92 Å². The number of hydrogen-bond acceptors (Lipinski definition) is 5. The van der Waals surface area contributed by atoms with Crippen LogP contribution in [0.2, 0.25) is 5.15 Å². The first-order chi connectivity index (χ1) is 9.56. The van der Waals surface area contributed by atoms with Crippen LogP contribution in [0.1, 0.15) is 5.69 Å². The van der Waals surface area contributed by atoms with Crippen molar-refractivity contribution in [3.05, 3.63) is 57.5 Å². The smallest absolute Gasteiger partial charge is 0.276 e. The van der Waals surface area contributed by atoms with Crippen LogP contribution in [0, 0.1) is 10.1 Å². The highest BCUT2D eigenvalue weighted by Gasteiger charge is 2.13. The first kappa shape index (κ1) is 14.2. The third-order valence-corrected chi connectivity index (χ3v) is 2.99. The van der Waals surface area contributed by atoms with Crippen LogP contribution < -0.4 is 4.90 Å². The van der Waals surface area contributed by atoms with Crippen LogP contribution in [-0.4, -0.2) is 28.5 Å². The Morgan fingerprint density at radius 1 is 1.40 bits per heavy atom. The van der Waals surface area contributed by atoms with Crippen LogP contribution in [0.15, 0.2) is 36.5 Å². The van der Waals surface area contributed by atoms with Gasteiger partial charge in [-0.2, -0.15) is 0 Å². The number of rotatable bonds is 5. The molecule has 0 aliphatic rings. The van der Waals surface area contributed by atoms with Gasteiger partial charge < -0.3 is 4.90 Å². The van der Waals surface area contributed by atoms with E-state index in [0.29, 0.717) is 12.4 Å². The number of likely N-dealkylation sites (N-methyl/N-ethyl adjacent to an activating group) is 1. The van der Waals surface area contributed by atoms with Gasteiger partial charge in [0, 0.05) is 31.9 Å². The maximum atomic E-state index is 10.8. The molecule has 2 rings (SSSR count). The molecule has 0 aliphatic carbocycles. The molecule has 2 heterocycles. The van der Waals surface area contributed by atoms with E-state index in [2.05, 4.69) is 9.97 Å². The monoisotopic (exact) mass is 292 g/mol. The molecule has 6 nitrogen and oxygen atoms in total. The number of hydrogen-bond donors (Lipinski definition) is 0. The predicted octanol–water partition coefficient (Wildman–Crippen LogP) is 2.72. The van der Waals surface area contributed by atoms with Gasteiger partial charge in [0.2, 0.25) is 0 Å². The molecule has 0 aromatic carbocycles. The van der Waals surface area contributed by atoms with E-state index >= 15 is 0 Å². The Balaban J connectivity index is 2.09. The van der Waals surface area contributed by atoms with Crippen molar-refractivity contribution in [3.8, 4) is 0 Å². The molecule has 20 heavy (non-hydrogen) atoms. The van der Waals surface area contributed by atoms with Crippen molar-refractivity contribution in [2.75, 3.05) is 18.5 Å². The average Bonchev–Trinajstić information content (AvgIpc) is 2.45. The fourth-order valence-corrected chi connectivity index (χ4v) is 1.91. The van der Waals surface area contributed by atoms with E-state index in [-0.39, 0.29) is 10.8 Å². The quantitative estimate of drug-likeness (QED) is 0.481. The van der Waals surface area contributed by atoms with Crippen molar-refractivity contribution in [2.24, 2.45) is 0 Å². The van der Waals surface area contributed by atoms with Gasteiger partial charge in [-0.05, 0) is 12.1 Å². The maximum Gasteiger partial charge on any atom is 0.276 e. The van der Waals surface area contributed by atoms with Gasteiger partial charge in [-0.25, -0.2) is 4.98 Å². The summed E-state index contributed by atoms with van der Waals surface area (Å²) in [5.41, 5.74) is 0.889. The molecule has 7 heteroatoms. The Bertz CT molecular complexity index is 607. The van der Waals surface area contributed by atoms with Crippen LogP contribution >= 0.6 is 11.6 Å². The van der Waals surface area contributed by atoms with E-state index in [0.717, 1.165) is 12.1 Å². The maximum absolute atomic E-state index is 10.8. The highest BCUT2D eigenvalue weighted by Crippen LogP contribution is 2.22. The Morgan fingerprint density at radius 3 is 2.85 bits per heavy atom. The lowest BCUT2D eigenvalue weighted by atomic mass is 10.2. The number of pyridine rings is 2. The number of halogens is 1. The lowest BCUT2D eigenvalue weighted by Crippen LogP contribution is -2.21. The summed E-state index contributed by atoms with van der Waals surface area (Å²) in [7, 11) is 1.81. The van der Waals surface area contributed by atoms with Gasteiger partial charge in [0.15, 0.2) is 0 Å². The van der Waals surface area contributed by atoms with Crippen LogP contribution in [0.3, 0.4) is 0 Å². The molecule has 0 atom stereocenters. The fraction of sp³-hybridized carbons (Fsp3) is 0.231. The number of anilines is 1. The van der Waals surface area contributed by atoms with E-state index in [9.17, 15) is 10.1 Å². The molecule has 0 saturated carbocycles. The molecule has 0 spiro atoms. The minimum absolute atomic E-state index is 0.0651. The molecular formula is C13H13ClN4O2. The summed E-state index contributed by atoms with van der Waals surface area (Å²) in [6.07, 6.45) is 2.46. The second-order valence-corrected chi connectivity index (χ2v) is 4.64. The van der Waals surface area contributed by atoms with E-state index in [1.165, 1.54) is 12.1 Å². The van der Waals surface area contributed by atoms with Crippen molar-refractivity contribution in [1.82, 2.24) is 9.97 Å². The van der Waals surface area contributed by atoms with Gasteiger partial charge in [-0.3, -0.25) is 15.1 Å². The Kier molecular flexibility index (Phi) is 4.47. The van der Waals surface area contributed by atoms with Gasteiger partial charge in [0.1, 0.15) is 11.0 Å². The summed E-state index contributed by atoms with van der Waals surface area (Å²) in [6.45, 7) is 0.640. The first-order valence-electron chi connectivity index (χ1n) is 5.99. The molecule has 0 aliphatic heterocycles. The summed E-state index contributed by atoms with van der Waals surface area (Å²) in [6, 6.07) is 8.35. The molecule has 2 aromatic heterocycles. The predicted molar refractivity (Wildman–Crippen MR) is 77.1 cm³/mol. The highest BCUT2D eigenvalue weighted by molar-refractivity contribution is 6.29. The SMILES string of the molecule is CN(CCc1ccccn1)c1cc([N+](=O)[O-])cc(Cl)n1. The molecule has 0 radical (unpaired) electrons. The number of nitrogens with zero attached hydrogens (tertiary/aromatic N) is 4. The largest absolute Gasteiger partial charge is 0.359 e. The Morgan fingerprint density at radius 2 is 2.20 bits per heavy atom. The van der Waals surface area contributed by atoms with Crippen LogP contribution in [0.5, 0.6) is 0 Å². The minimum Gasteiger partial charge on any atom is -0.359 e. The van der Waals surface area contributed by atoms with Crippen molar-refractivity contribution >= 4 is 23.1 Å². The minimum atomic E-state index is -0.482. The molecular weight excluding hydrogens is 280 g/mol. The Labute approximate surface area is 121 Å². The van der Waals surface area contributed by atoms with Crippen LogP contribution in [0.25, 0.3) is 0 Å². The normalized spacial score (nSPS) is 10.3. The third-order valence-electron chi connectivity index (χ3n) is 2.80. The topological polar surface area (TPSA) is 72.2 Å². The van der Waals surface area contributed by atoms with Gasteiger partial charge in [0.25, 0.3) is 5.69 Å². The highest BCUT2D eigenvalue weighted by atomic mass is 35.5. The zero-order valence-corrected chi connectivity index (χ0v) is 11.6. The molecule has 0 unspecified atom stereocenters. The van der Waals surface area contributed by atoms with Gasteiger partial charge in [-0.15, -0.1) is 0 Å². The molecule has 2 aromatic rings. The summed E-state index contributed by atoms with van der Waals surface area (Å²) in [5, 5.41) is 10.9. The van der Waals surface area contributed by atoms with E-state index in [1.807, 2.05) is 30.1 Å². The van der Waals surface area contributed by atoms with E-state index in [4.69, 9.17) is 11.6 Å². The third kappa shape index (κ3) is 3.64. The molecule has 104 valence electrons. The van der Waals surface area contributed by atoms with Gasteiger partial charge >= 0.3 is 0 Å². The number of aromatic nitrogens is 2. The van der Waals surface area contributed by atoms with Crippen LogP contribution in [0.4, 0.5) is 11.5 Å². The molecule has 0 amide bonds. The van der Waals surface area contributed by atoms with Gasteiger partial charge in [-0.1, -0.05) is 17.7 Å². The second kappa shape index (κ2) is 6.29. The summed E-state index contributed by atoms with van der Waals surface area (Å²) >= 11 is 5.80. The average molecular weight is 293 g/mol. The molecule has 0 fully saturated rings. The van der Waals surface area contributed by atoms with E-state index in [1.54, 1.807) is 6.20 Å². The van der Waals surface area contributed by atoms with Crippen LogP contribution in [-0.2, 0) is 6.42 Å². The zero-order valence-electron chi connectivity index (χ0n) is 10.9. The second-order valence-electron chi connectivity index (χ2n) is 4.26.